The van der Waals surface area contributed by atoms with Crippen molar-refractivity contribution in [2.75, 3.05) is 20.8 Å². The summed E-state index contributed by atoms with van der Waals surface area (Å²) < 4.78 is 10.7. The number of likely N-dealkylation sites (N-methyl/N-ethyl adjacent to an activating group) is 1. The van der Waals surface area contributed by atoms with Gasteiger partial charge in [0.1, 0.15) is 6.04 Å². The van der Waals surface area contributed by atoms with Gasteiger partial charge in [0.05, 0.1) is 14.2 Å². The molecule has 0 unspecified atom stereocenters. The molecule has 0 radical (unpaired) electrons. The van der Waals surface area contributed by atoms with Gasteiger partial charge in [-0.25, -0.2) is 0 Å². The van der Waals surface area contributed by atoms with Gasteiger partial charge in [0.25, 0.3) is 0 Å². The zero-order valence-corrected chi connectivity index (χ0v) is 21.6. The maximum atomic E-state index is 13.7. The SMILES string of the molecule is CCNC(=O)[C@@H](Cc1ccccc1)N(Cc1cccc(C)c1)C(=O)CCc1ccc(OC)c(OC)c1. The third kappa shape index (κ3) is 7.35. The lowest BCUT2D eigenvalue weighted by molar-refractivity contribution is -0.141. The lowest BCUT2D eigenvalue weighted by Gasteiger charge is -2.31. The van der Waals surface area contributed by atoms with E-state index in [0.717, 1.165) is 22.3 Å². The normalized spacial score (nSPS) is 11.4. The summed E-state index contributed by atoms with van der Waals surface area (Å²) in [6.07, 6.45) is 1.24. The predicted molar refractivity (Wildman–Crippen MR) is 142 cm³/mol. The second kappa shape index (κ2) is 13.3. The van der Waals surface area contributed by atoms with Crippen LogP contribution in [0.25, 0.3) is 0 Å². The first-order chi connectivity index (χ1) is 17.4. The summed E-state index contributed by atoms with van der Waals surface area (Å²) in [5.74, 6) is 1.06. The van der Waals surface area contributed by atoms with Crippen LogP contribution in [0.4, 0.5) is 0 Å². The zero-order chi connectivity index (χ0) is 25.9. The fourth-order valence-corrected chi connectivity index (χ4v) is 4.28. The summed E-state index contributed by atoms with van der Waals surface area (Å²) in [4.78, 5) is 28.7. The van der Waals surface area contributed by atoms with Gasteiger partial charge in [-0.15, -0.1) is 0 Å². The van der Waals surface area contributed by atoms with Gasteiger partial charge in [0, 0.05) is 25.9 Å². The van der Waals surface area contributed by atoms with Crippen molar-refractivity contribution in [1.29, 1.82) is 0 Å². The summed E-state index contributed by atoms with van der Waals surface area (Å²) in [6, 6.07) is 23.0. The number of benzene rings is 3. The van der Waals surface area contributed by atoms with Crippen molar-refractivity contribution in [3.8, 4) is 11.5 Å². The molecule has 0 saturated carbocycles. The number of carbonyl (C=O) groups excluding carboxylic acids is 2. The van der Waals surface area contributed by atoms with Crippen molar-refractivity contribution < 1.29 is 19.1 Å². The topological polar surface area (TPSA) is 67.9 Å². The molecule has 6 nitrogen and oxygen atoms in total. The highest BCUT2D eigenvalue weighted by Crippen LogP contribution is 2.28. The van der Waals surface area contributed by atoms with Crippen LogP contribution in [-0.2, 0) is 29.0 Å². The fraction of sp³-hybridized carbons (Fsp3) is 0.333. The van der Waals surface area contributed by atoms with E-state index >= 15 is 0 Å². The van der Waals surface area contributed by atoms with Gasteiger partial charge >= 0.3 is 0 Å². The van der Waals surface area contributed by atoms with Gasteiger partial charge in [-0.3, -0.25) is 9.59 Å². The molecule has 3 aromatic carbocycles. The third-order valence-corrected chi connectivity index (χ3v) is 6.13. The zero-order valence-electron chi connectivity index (χ0n) is 21.6. The molecule has 0 fully saturated rings. The molecule has 2 amide bonds. The lowest BCUT2D eigenvalue weighted by atomic mass is 10.0. The second-order valence-corrected chi connectivity index (χ2v) is 8.80. The molecule has 36 heavy (non-hydrogen) atoms. The molecule has 0 spiro atoms. The van der Waals surface area contributed by atoms with Crippen LogP contribution in [-0.4, -0.2) is 43.5 Å². The van der Waals surface area contributed by atoms with E-state index in [1.165, 1.54) is 0 Å². The molecule has 0 aliphatic heterocycles. The Labute approximate surface area is 214 Å². The van der Waals surface area contributed by atoms with Crippen LogP contribution in [0.1, 0.15) is 35.6 Å². The highest BCUT2D eigenvalue weighted by molar-refractivity contribution is 5.88. The number of nitrogens with zero attached hydrogens (tertiary/aromatic N) is 1. The average molecular weight is 489 g/mol. The first-order valence-electron chi connectivity index (χ1n) is 12.3. The van der Waals surface area contributed by atoms with E-state index in [2.05, 4.69) is 11.4 Å². The molecule has 0 aromatic heterocycles. The fourth-order valence-electron chi connectivity index (χ4n) is 4.28. The molecule has 0 saturated heterocycles. The van der Waals surface area contributed by atoms with Gasteiger partial charge in [-0.1, -0.05) is 66.2 Å². The maximum Gasteiger partial charge on any atom is 0.243 e. The first kappa shape index (κ1) is 26.8. The van der Waals surface area contributed by atoms with E-state index in [1.54, 1.807) is 19.1 Å². The molecule has 190 valence electrons. The summed E-state index contributed by atoms with van der Waals surface area (Å²) in [5, 5.41) is 2.94. The molecule has 3 aromatic rings. The molecular weight excluding hydrogens is 452 g/mol. The van der Waals surface area contributed by atoms with Crippen LogP contribution in [0.15, 0.2) is 72.8 Å². The van der Waals surface area contributed by atoms with E-state index in [1.807, 2.05) is 80.6 Å². The monoisotopic (exact) mass is 488 g/mol. The largest absolute Gasteiger partial charge is 0.493 e. The molecule has 0 heterocycles. The Bertz CT molecular complexity index is 1150. The Kier molecular flexibility index (Phi) is 9.92. The van der Waals surface area contributed by atoms with Crippen molar-refractivity contribution in [1.82, 2.24) is 10.2 Å². The van der Waals surface area contributed by atoms with Crippen molar-refractivity contribution in [2.24, 2.45) is 0 Å². The number of amides is 2. The number of carbonyl (C=O) groups is 2. The first-order valence-corrected chi connectivity index (χ1v) is 12.3. The number of hydrogen-bond acceptors (Lipinski definition) is 4. The minimum atomic E-state index is -0.620. The number of hydrogen-bond donors (Lipinski definition) is 1. The number of aryl methyl sites for hydroxylation is 2. The number of rotatable bonds is 12. The molecular formula is C30H36N2O4. The summed E-state index contributed by atoms with van der Waals surface area (Å²) >= 11 is 0. The van der Waals surface area contributed by atoms with E-state index in [4.69, 9.17) is 9.47 Å². The molecule has 0 bridgehead atoms. The van der Waals surface area contributed by atoms with Gasteiger partial charge < -0.3 is 19.7 Å². The van der Waals surface area contributed by atoms with E-state index in [0.29, 0.717) is 37.4 Å². The minimum absolute atomic E-state index is 0.0709. The number of methoxy groups -OCH3 is 2. The van der Waals surface area contributed by atoms with Gasteiger partial charge in [0.2, 0.25) is 11.8 Å². The average Bonchev–Trinajstić information content (AvgIpc) is 2.89. The summed E-state index contributed by atoms with van der Waals surface area (Å²) in [6.45, 7) is 4.78. The molecule has 0 aliphatic carbocycles. The van der Waals surface area contributed by atoms with Crippen molar-refractivity contribution in [3.05, 3.63) is 95.1 Å². The van der Waals surface area contributed by atoms with Gasteiger partial charge in [-0.05, 0) is 49.1 Å². The maximum absolute atomic E-state index is 13.7. The van der Waals surface area contributed by atoms with Crippen molar-refractivity contribution in [2.45, 2.75) is 45.7 Å². The standard InChI is InChI=1S/C30H36N2O4/c1-5-31-30(34)26(19-23-11-7-6-8-12-23)32(21-25-13-9-10-22(2)18-25)29(33)17-15-24-14-16-27(35-3)28(20-24)36-4/h6-14,16,18,20,26H,5,15,17,19,21H2,1-4H3,(H,31,34)/t26-/m1/s1. The summed E-state index contributed by atoms with van der Waals surface area (Å²) in [5.41, 5.74) is 4.09. The van der Waals surface area contributed by atoms with E-state index in [9.17, 15) is 9.59 Å². The quantitative estimate of drug-likeness (QED) is 0.401. The van der Waals surface area contributed by atoms with E-state index in [-0.39, 0.29) is 18.2 Å². The Balaban J connectivity index is 1.88. The molecule has 1 N–H and O–H groups in total. The second-order valence-electron chi connectivity index (χ2n) is 8.80. The van der Waals surface area contributed by atoms with Crippen LogP contribution >= 0.6 is 0 Å². The molecule has 6 heteroatoms. The molecule has 3 rings (SSSR count). The number of nitrogens with one attached hydrogen (secondary N) is 1. The Morgan fingerprint density at radius 1 is 0.861 bits per heavy atom. The van der Waals surface area contributed by atoms with Crippen LogP contribution in [0.2, 0.25) is 0 Å². The summed E-state index contributed by atoms with van der Waals surface area (Å²) in [7, 11) is 3.19. The van der Waals surface area contributed by atoms with Crippen LogP contribution in [0.5, 0.6) is 11.5 Å². The van der Waals surface area contributed by atoms with Crippen molar-refractivity contribution in [3.63, 3.8) is 0 Å². The van der Waals surface area contributed by atoms with Gasteiger partial charge in [0.15, 0.2) is 11.5 Å². The minimum Gasteiger partial charge on any atom is -0.493 e. The third-order valence-electron chi connectivity index (χ3n) is 6.13. The Morgan fingerprint density at radius 2 is 1.58 bits per heavy atom. The van der Waals surface area contributed by atoms with Crippen molar-refractivity contribution >= 4 is 11.8 Å². The van der Waals surface area contributed by atoms with Crippen LogP contribution in [0, 0.1) is 6.92 Å². The highest BCUT2D eigenvalue weighted by Gasteiger charge is 2.30. The Morgan fingerprint density at radius 3 is 2.25 bits per heavy atom. The Hall–Kier alpha value is -3.80. The molecule has 1 atom stereocenters. The highest BCUT2D eigenvalue weighted by atomic mass is 16.5. The molecule has 0 aliphatic rings. The van der Waals surface area contributed by atoms with E-state index < -0.39 is 6.04 Å². The predicted octanol–water partition coefficient (Wildman–Crippen LogP) is 4.72. The number of ether oxygens (including phenoxy) is 2. The van der Waals surface area contributed by atoms with Gasteiger partial charge in [-0.2, -0.15) is 0 Å². The smallest absolute Gasteiger partial charge is 0.243 e. The van der Waals surface area contributed by atoms with Crippen LogP contribution in [0.3, 0.4) is 0 Å². The van der Waals surface area contributed by atoms with Crippen LogP contribution < -0.4 is 14.8 Å². The lowest BCUT2D eigenvalue weighted by Crippen LogP contribution is -2.50.